The van der Waals surface area contributed by atoms with Crippen LogP contribution in [0.5, 0.6) is 17.2 Å². The normalized spacial score (nSPS) is 35.1. The molecule has 0 radical (unpaired) electrons. The highest BCUT2D eigenvalue weighted by atomic mass is 16.8. The molecule has 0 saturated carbocycles. The van der Waals surface area contributed by atoms with Gasteiger partial charge in [-0.3, -0.25) is 9.59 Å². The van der Waals surface area contributed by atoms with E-state index >= 15 is 0 Å². The maximum atomic E-state index is 13.3. The van der Waals surface area contributed by atoms with Gasteiger partial charge in [0.15, 0.2) is 18.2 Å². The molecule has 2 aromatic carbocycles. The van der Waals surface area contributed by atoms with Crippen LogP contribution in [0.1, 0.15) is 44.3 Å². The van der Waals surface area contributed by atoms with Crippen LogP contribution in [0.3, 0.4) is 0 Å². The van der Waals surface area contributed by atoms with Crippen molar-refractivity contribution in [1.29, 1.82) is 0 Å². The second kappa shape index (κ2) is 10.9. The molecule has 1 aliphatic carbocycles. The lowest BCUT2D eigenvalue weighted by molar-refractivity contribution is -0.354. The fourth-order valence-corrected chi connectivity index (χ4v) is 5.21. The number of phenolic OH excluding ortho intramolecular Hbond substituents is 2. The van der Waals surface area contributed by atoms with E-state index in [-0.39, 0.29) is 33.6 Å². The fourth-order valence-electron chi connectivity index (χ4n) is 5.21. The lowest BCUT2D eigenvalue weighted by Gasteiger charge is -2.45. The third-order valence-corrected chi connectivity index (χ3v) is 7.66. The Morgan fingerprint density at radius 1 is 0.829 bits per heavy atom. The molecule has 0 aromatic heterocycles. The molecule has 41 heavy (non-hydrogen) atoms. The van der Waals surface area contributed by atoms with Gasteiger partial charge in [-0.2, -0.15) is 0 Å². The van der Waals surface area contributed by atoms with Crippen LogP contribution in [0.25, 0.3) is 0 Å². The summed E-state index contributed by atoms with van der Waals surface area (Å²) in [4.78, 5) is 26.4. The Balaban J connectivity index is 1.50. The second-order valence-corrected chi connectivity index (χ2v) is 10.2. The number of ketones is 2. The molecule has 8 N–H and O–H groups in total. The van der Waals surface area contributed by atoms with E-state index in [1.807, 2.05) is 0 Å². The van der Waals surface area contributed by atoms with Crippen LogP contribution in [-0.2, 0) is 14.2 Å². The molecule has 3 aliphatic rings. The third-order valence-electron chi connectivity index (χ3n) is 7.66. The highest BCUT2D eigenvalue weighted by molar-refractivity contribution is 6.30. The molecule has 0 amide bonds. The molecule has 2 saturated heterocycles. The Morgan fingerprint density at radius 3 is 2.22 bits per heavy atom. The van der Waals surface area contributed by atoms with E-state index in [1.165, 1.54) is 32.0 Å². The maximum absolute atomic E-state index is 13.3. The summed E-state index contributed by atoms with van der Waals surface area (Å²) in [6.45, 7) is 2.02. The van der Waals surface area contributed by atoms with Crippen LogP contribution in [-0.4, -0.2) is 120 Å². The number of ether oxygens (including phenoxy) is 4. The summed E-state index contributed by atoms with van der Waals surface area (Å²) in [6, 6.07) is 5.13. The SMILES string of the molecule is Cc1c(O[C@@H]2O[C@@H](CO)[C@H](O)[C@H](O)[C@@H]2O[C@@H]2O[C@@H](C)[C@H](O)[C@H](O)[C@@H]2O)cc2c(c1O)C(=O)c1c(O)cccc1C2=O. The van der Waals surface area contributed by atoms with Crippen molar-refractivity contribution >= 4 is 11.6 Å². The van der Waals surface area contributed by atoms with E-state index in [0.29, 0.717) is 0 Å². The first-order valence-electron chi connectivity index (χ1n) is 12.8. The van der Waals surface area contributed by atoms with Gasteiger partial charge in [0.25, 0.3) is 0 Å². The van der Waals surface area contributed by atoms with Crippen LogP contribution >= 0.6 is 0 Å². The standard InChI is InChI=1S/C27H30O14/c1-8-13(6-11-16(17(8)30)21(34)15-10(19(11)32)4-3-5-12(15)29)39-27-25(23(36)20(33)14(7-28)40-27)41-26-24(37)22(35)18(31)9(2)38-26/h3-6,9,14,18,20,22-31,33,35-37H,7H2,1-2H3/t9-,14-,18-,20-,22-,23-,24-,25-,26-,27+/m0/s1. The Morgan fingerprint density at radius 2 is 1.54 bits per heavy atom. The van der Waals surface area contributed by atoms with Crippen LogP contribution in [0.15, 0.2) is 24.3 Å². The molecule has 2 aromatic rings. The summed E-state index contributed by atoms with van der Waals surface area (Å²) >= 11 is 0. The zero-order chi connectivity index (χ0) is 29.9. The minimum atomic E-state index is -1.80. The highest BCUT2D eigenvalue weighted by Gasteiger charge is 2.51. The fraction of sp³-hybridized carbons (Fsp3) is 0.481. The third kappa shape index (κ3) is 4.76. The highest BCUT2D eigenvalue weighted by Crippen LogP contribution is 2.42. The molecule has 5 rings (SSSR count). The van der Waals surface area contributed by atoms with Crippen LogP contribution < -0.4 is 4.74 Å². The van der Waals surface area contributed by atoms with E-state index in [2.05, 4.69) is 0 Å². The van der Waals surface area contributed by atoms with Gasteiger partial charge < -0.3 is 59.8 Å². The van der Waals surface area contributed by atoms with Crippen molar-refractivity contribution in [2.45, 2.75) is 75.3 Å². The quantitative estimate of drug-likeness (QED) is 0.167. The number of carbonyl (C=O) groups excluding carboxylic acids is 2. The number of fused-ring (bicyclic) bond motifs is 2. The smallest absolute Gasteiger partial charge is 0.229 e. The number of aromatic hydroxyl groups is 2. The molecular formula is C27H30O14. The number of carbonyl (C=O) groups is 2. The summed E-state index contributed by atoms with van der Waals surface area (Å²) in [5, 5.41) is 82.7. The zero-order valence-corrected chi connectivity index (χ0v) is 21.8. The predicted molar refractivity (Wildman–Crippen MR) is 133 cm³/mol. The number of hydrogen-bond acceptors (Lipinski definition) is 14. The van der Waals surface area contributed by atoms with Crippen LogP contribution in [0.2, 0.25) is 0 Å². The van der Waals surface area contributed by atoms with Crippen LogP contribution in [0.4, 0.5) is 0 Å². The minimum absolute atomic E-state index is 0.0339. The molecule has 2 heterocycles. The average Bonchev–Trinajstić information content (AvgIpc) is 2.94. The minimum Gasteiger partial charge on any atom is -0.507 e. The molecule has 0 spiro atoms. The van der Waals surface area contributed by atoms with Gasteiger partial charge in [-0.25, -0.2) is 0 Å². The summed E-state index contributed by atoms with van der Waals surface area (Å²) in [5.41, 5.74) is -0.976. The van der Waals surface area contributed by atoms with Crippen LogP contribution in [0, 0.1) is 6.92 Å². The summed E-state index contributed by atoms with van der Waals surface area (Å²) < 4.78 is 22.6. The van der Waals surface area contributed by atoms with Gasteiger partial charge >= 0.3 is 0 Å². The van der Waals surface area contributed by atoms with Gasteiger partial charge in [-0.1, -0.05) is 12.1 Å². The number of aliphatic hydroxyl groups is 6. The zero-order valence-electron chi connectivity index (χ0n) is 21.8. The van der Waals surface area contributed by atoms with Crippen molar-refractivity contribution in [2.75, 3.05) is 6.61 Å². The Bertz CT molecular complexity index is 1360. The Hall–Kier alpha value is -3.18. The van der Waals surface area contributed by atoms with E-state index in [4.69, 9.17) is 18.9 Å². The van der Waals surface area contributed by atoms with Crippen molar-refractivity contribution in [3.63, 3.8) is 0 Å². The molecule has 0 bridgehead atoms. The van der Waals surface area contributed by atoms with Gasteiger partial charge in [0, 0.05) is 16.7 Å². The lowest BCUT2D eigenvalue weighted by Crippen LogP contribution is -2.64. The number of benzene rings is 2. The monoisotopic (exact) mass is 578 g/mol. The van der Waals surface area contributed by atoms with Gasteiger partial charge in [-0.15, -0.1) is 0 Å². The number of rotatable bonds is 5. The second-order valence-electron chi connectivity index (χ2n) is 10.2. The van der Waals surface area contributed by atoms with E-state index in [0.717, 1.165) is 6.07 Å². The number of phenols is 2. The molecule has 14 heteroatoms. The summed E-state index contributed by atoms with van der Waals surface area (Å²) in [6.07, 6.45) is -15.7. The van der Waals surface area contributed by atoms with Crippen molar-refractivity contribution in [3.05, 3.63) is 52.1 Å². The van der Waals surface area contributed by atoms with E-state index in [9.17, 15) is 50.4 Å². The van der Waals surface area contributed by atoms with Gasteiger partial charge in [-0.05, 0) is 26.0 Å². The Kier molecular flexibility index (Phi) is 7.80. The molecular weight excluding hydrogens is 548 g/mol. The Labute approximate surface area is 232 Å². The predicted octanol–water partition coefficient (Wildman–Crippen LogP) is -1.79. The van der Waals surface area contributed by atoms with Gasteiger partial charge in [0.05, 0.1) is 23.8 Å². The topological polar surface area (TPSA) is 233 Å². The first-order chi connectivity index (χ1) is 19.4. The first kappa shape index (κ1) is 29.3. The lowest BCUT2D eigenvalue weighted by atomic mass is 9.82. The van der Waals surface area contributed by atoms with Crippen molar-refractivity contribution < 1.29 is 69.4 Å². The molecule has 2 aliphatic heterocycles. The van der Waals surface area contributed by atoms with Gasteiger partial charge in [0.1, 0.15) is 53.9 Å². The number of hydrogen-bond donors (Lipinski definition) is 8. The number of aliphatic hydroxyl groups excluding tert-OH is 6. The van der Waals surface area contributed by atoms with Gasteiger partial charge in [0.2, 0.25) is 12.1 Å². The summed E-state index contributed by atoms with van der Waals surface area (Å²) in [5.74, 6) is -2.71. The molecule has 10 atom stereocenters. The molecule has 0 unspecified atom stereocenters. The van der Waals surface area contributed by atoms with Crippen molar-refractivity contribution in [3.8, 4) is 17.2 Å². The van der Waals surface area contributed by atoms with E-state index < -0.39 is 91.1 Å². The summed E-state index contributed by atoms with van der Waals surface area (Å²) in [7, 11) is 0. The largest absolute Gasteiger partial charge is 0.507 e. The molecule has 2 fully saturated rings. The average molecular weight is 579 g/mol. The van der Waals surface area contributed by atoms with E-state index in [1.54, 1.807) is 0 Å². The maximum Gasteiger partial charge on any atom is 0.229 e. The molecule has 222 valence electrons. The van der Waals surface area contributed by atoms with Crippen molar-refractivity contribution in [1.82, 2.24) is 0 Å². The molecule has 14 nitrogen and oxygen atoms in total. The first-order valence-corrected chi connectivity index (χ1v) is 12.8. The van der Waals surface area contributed by atoms with Crippen molar-refractivity contribution in [2.24, 2.45) is 0 Å².